The quantitative estimate of drug-likeness (QED) is 0.420. The maximum atomic E-state index is 6.10. The van der Waals surface area contributed by atoms with Gasteiger partial charge in [-0.3, -0.25) is 0 Å². The van der Waals surface area contributed by atoms with E-state index in [1.165, 1.54) is 0 Å². The minimum atomic E-state index is -0.478. The molecule has 2 saturated heterocycles. The fourth-order valence-corrected chi connectivity index (χ4v) is 3.24. The van der Waals surface area contributed by atoms with Crippen molar-refractivity contribution in [2.45, 2.75) is 70.9 Å². The molecule has 0 radical (unpaired) electrons. The molecule has 0 bridgehead atoms. The SMILES string of the molecule is CC1(C)OB(B2OC(C)(C)C(C)(CI)O2)OC1(C)C. The molecule has 2 rings (SSSR count). The molecule has 7 heteroatoms. The second kappa shape index (κ2) is 4.60. The molecular formula is C12H23B2IO4. The van der Waals surface area contributed by atoms with Gasteiger partial charge in [-0.05, 0) is 48.5 Å². The summed E-state index contributed by atoms with van der Waals surface area (Å²) in [5.41, 5.74) is -1.42. The van der Waals surface area contributed by atoms with Crippen LogP contribution in [0.15, 0.2) is 0 Å². The summed E-state index contributed by atoms with van der Waals surface area (Å²) in [6.45, 7) is 14.3. The Labute approximate surface area is 130 Å². The van der Waals surface area contributed by atoms with Crippen LogP contribution in [0, 0.1) is 0 Å². The summed E-state index contributed by atoms with van der Waals surface area (Å²) in [4.78, 5) is 0. The zero-order chi connectivity index (χ0) is 14.7. The van der Waals surface area contributed by atoms with E-state index < -0.39 is 14.0 Å². The molecule has 4 nitrogen and oxygen atoms in total. The first-order chi connectivity index (χ1) is 8.44. The van der Waals surface area contributed by atoms with Crippen molar-refractivity contribution in [3.8, 4) is 0 Å². The summed E-state index contributed by atoms with van der Waals surface area (Å²) in [5, 5.41) is 0. The van der Waals surface area contributed by atoms with E-state index in [-0.39, 0.29) is 22.4 Å². The molecular weight excluding hydrogens is 357 g/mol. The second-order valence-corrected chi connectivity index (χ2v) is 7.87. The van der Waals surface area contributed by atoms with Crippen molar-refractivity contribution in [2.24, 2.45) is 0 Å². The van der Waals surface area contributed by atoms with Gasteiger partial charge in [-0.1, -0.05) is 22.6 Å². The average Bonchev–Trinajstić information content (AvgIpc) is 2.60. The van der Waals surface area contributed by atoms with Crippen LogP contribution in [0.5, 0.6) is 0 Å². The molecule has 108 valence electrons. The van der Waals surface area contributed by atoms with E-state index in [4.69, 9.17) is 18.6 Å². The third-order valence-electron chi connectivity index (χ3n) is 4.81. The molecule has 0 amide bonds. The van der Waals surface area contributed by atoms with Crippen molar-refractivity contribution in [1.82, 2.24) is 0 Å². The van der Waals surface area contributed by atoms with E-state index in [0.29, 0.717) is 0 Å². The Kier molecular flexibility index (Phi) is 3.89. The molecule has 2 aliphatic rings. The van der Waals surface area contributed by atoms with E-state index in [0.717, 1.165) is 4.43 Å². The third-order valence-corrected chi connectivity index (χ3v) is 6.26. The second-order valence-electron chi connectivity index (χ2n) is 7.10. The molecule has 2 aliphatic heterocycles. The lowest BCUT2D eigenvalue weighted by Gasteiger charge is -2.34. The Morgan fingerprint density at radius 2 is 1.05 bits per heavy atom. The lowest BCUT2D eigenvalue weighted by Crippen LogP contribution is -2.46. The molecule has 0 spiro atoms. The molecule has 0 aromatic carbocycles. The van der Waals surface area contributed by atoms with E-state index in [2.05, 4.69) is 43.4 Å². The maximum Gasteiger partial charge on any atom is 0.489 e. The van der Waals surface area contributed by atoms with E-state index in [1.807, 2.05) is 27.7 Å². The average molecular weight is 380 g/mol. The van der Waals surface area contributed by atoms with Crippen molar-refractivity contribution in [3.05, 3.63) is 0 Å². The highest BCUT2D eigenvalue weighted by Crippen LogP contribution is 2.43. The zero-order valence-corrected chi connectivity index (χ0v) is 15.0. The number of hydrogen-bond donors (Lipinski definition) is 0. The van der Waals surface area contributed by atoms with Crippen molar-refractivity contribution in [1.29, 1.82) is 0 Å². The normalized spacial score (nSPS) is 36.0. The summed E-state index contributed by atoms with van der Waals surface area (Å²) in [6, 6.07) is 0. The van der Waals surface area contributed by atoms with Crippen LogP contribution in [0.3, 0.4) is 0 Å². The van der Waals surface area contributed by atoms with Gasteiger partial charge >= 0.3 is 14.0 Å². The van der Waals surface area contributed by atoms with Gasteiger partial charge in [0.2, 0.25) is 0 Å². The van der Waals surface area contributed by atoms with Gasteiger partial charge in [-0.2, -0.15) is 0 Å². The largest absolute Gasteiger partial charge is 0.489 e. The fraction of sp³-hybridized carbons (Fsp3) is 1.00. The first kappa shape index (κ1) is 16.1. The van der Waals surface area contributed by atoms with Gasteiger partial charge in [0.15, 0.2) is 0 Å². The van der Waals surface area contributed by atoms with Crippen molar-refractivity contribution >= 4 is 36.6 Å². The minimum absolute atomic E-state index is 0.332. The molecule has 0 aromatic heterocycles. The fourth-order valence-electron chi connectivity index (χ4n) is 2.14. The van der Waals surface area contributed by atoms with E-state index >= 15 is 0 Å². The summed E-state index contributed by atoms with van der Waals surface area (Å²) in [7, 11) is -0.954. The van der Waals surface area contributed by atoms with Gasteiger partial charge < -0.3 is 18.6 Å². The van der Waals surface area contributed by atoms with Crippen molar-refractivity contribution in [3.63, 3.8) is 0 Å². The van der Waals surface area contributed by atoms with Gasteiger partial charge in [0.1, 0.15) is 0 Å². The zero-order valence-electron chi connectivity index (χ0n) is 12.9. The molecule has 0 aromatic rings. The lowest BCUT2D eigenvalue weighted by molar-refractivity contribution is 0.00578. The first-order valence-electron chi connectivity index (χ1n) is 6.71. The van der Waals surface area contributed by atoms with Gasteiger partial charge in [0, 0.05) is 4.43 Å². The standard InChI is InChI=1S/C12H23B2IO4/c1-9(2)10(3,4)17-13(16-9)14-18-11(5,6)12(7,8-15)19-14/h8H2,1-7H3. The summed E-state index contributed by atoms with van der Waals surface area (Å²) >= 11 is 2.33. The predicted molar refractivity (Wildman–Crippen MR) is 85.4 cm³/mol. The smallest absolute Gasteiger partial charge is 0.405 e. The Hall–Kier alpha value is 0.700. The van der Waals surface area contributed by atoms with Crippen LogP contribution >= 0.6 is 22.6 Å². The first-order valence-corrected chi connectivity index (χ1v) is 8.24. The van der Waals surface area contributed by atoms with Gasteiger partial charge in [0.05, 0.1) is 22.4 Å². The van der Waals surface area contributed by atoms with Crippen LogP contribution in [0.2, 0.25) is 0 Å². The summed E-state index contributed by atoms with van der Waals surface area (Å²) in [6.07, 6.45) is 0. The number of halogens is 1. The van der Waals surface area contributed by atoms with Crippen LogP contribution in [-0.2, 0) is 18.6 Å². The van der Waals surface area contributed by atoms with Gasteiger partial charge in [-0.15, -0.1) is 0 Å². The summed E-state index contributed by atoms with van der Waals surface area (Å²) in [5.74, 6) is 0. The number of rotatable bonds is 2. The Balaban J connectivity index is 2.15. The highest BCUT2D eigenvalue weighted by molar-refractivity contribution is 14.1. The minimum Gasteiger partial charge on any atom is -0.405 e. The number of hydrogen-bond acceptors (Lipinski definition) is 4. The van der Waals surface area contributed by atoms with Crippen LogP contribution in [0.4, 0.5) is 0 Å². The molecule has 0 saturated carbocycles. The topological polar surface area (TPSA) is 36.9 Å². The van der Waals surface area contributed by atoms with Crippen LogP contribution < -0.4 is 0 Å². The molecule has 2 heterocycles. The Morgan fingerprint density at radius 1 is 0.684 bits per heavy atom. The van der Waals surface area contributed by atoms with Crippen LogP contribution in [0.1, 0.15) is 48.5 Å². The lowest BCUT2D eigenvalue weighted by atomic mass is 9.49. The van der Waals surface area contributed by atoms with E-state index in [1.54, 1.807) is 0 Å². The molecule has 0 N–H and O–H groups in total. The van der Waals surface area contributed by atoms with Crippen molar-refractivity contribution in [2.75, 3.05) is 4.43 Å². The van der Waals surface area contributed by atoms with Crippen molar-refractivity contribution < 1.29 is 18.6 Å². The van der Waals surface area contributed by atoms with Crippen LogP contribution in [-0.4, -0.2) is 40.9 Å². The Bertz CT molecular complexity index is 359. The summed E-state index contributed by atoms with van der Waals surface area (Å²) < 4.78 is 25.0. The molecule has 19 heavy (non-hydrogen) atoms. The molecule has 1 atom stereocenters. The number of alkyl halides is 1. The Morgan fingerprint density at radius 3 is 1.42 bits per heavy atom. The van der Waals surface area contributed by atoms with Crippen LogP contribution in [0.25, 0.3) is 0 Å². The maximum absolute atomic E-state index is 6.10. The van der Waals surface area contributed by atoms with E-state index in [9.17, 15) is 0 Å². The predicted octanol–water partition coefficient (Wildman–Crippen LogP) is 2.66. The molecule has 0 aliphatic carbocycles. The molecule has 1 unspecified atom stereocenters. The van der Waals surface area contributed by atoms with Gasteiger partial charge in [0.25, 0.3) is 0 Å². The highest BCUT2D eigenvalue weighted by atomic mass is 127. The monoisotopic (exact) mass is 380 g/mol. The van der Waals surface area contributed by atoms with Gasteiger partial charge in [-0.25, -0.2) is 0 Å². The molecule has 2 fully saturated rings. The highest BCUT2D eigenvalue weighted by Gasteiger charge is 2.64. The third kappa shape index (κ3) is 2.50.